The van der Waals surface area contributed by atoms with Crippen LogP contribution in [0.4, 0.5) is 0 Å². The van der Waals surface area contributed by atoms with Crippen LogP contribution in [0.3, 0.4) is 0 Å². The maximum Gasteiger partial charge on any atom is 0.283 e. The topological polar surface area (TPSA) is 55.9 Å². The van der Waals surface area contributed by atoms with Crippen LogP contribution in [0.25, 0.3) is 0 Å². The molecule has 1 N–H and O–H groups in total. The molecule has 0 aromatic carbocycles. The first-order valence-electron chi connectivity index (χ1n) is 7.10. The first-order valence-corrected chi connectivity index (χ1v) is 9.44. The predicted octanol–water partition coefficient (Wildman–Crippen LogP) is 0.663. The van der Waals surface area contributed by atoms with Crippen LogP contribution in [0.15, 0.2) is 23.9 Å². The summed E-state index contributed by atoms with van der Waals surface area (Å²) in [4.78, 5) is 2.37. The normalized spacial score (nSPS) is 30.9. The fraction of sp³-hybridized carbons (Fsp3) is 0.692. The molecule has 3 heterocycles. The quantitative estimate of drug-likeness (QED) is 0.795. The molecule has 126 valence electrons. The summed E-state index contributed by atoms with van der Waals surface area (Å²) in [5.41, 5.74) is 1.08. The zero-order valence-electron chi connectivity index (χ0n) is 13.0. The Morgan fingerprint density at radius 1 is 1.36 bits per heavy atom. The molecule has 6 nitrogen and oxygen atoms in total. The number of halogens is 1. The van der Waals surface area contributed by atoms with Crippen LogP contribution in [-0.2, 0) is 10.2 Å². The van der Waals surface area contributed by atoms with Gasteiger partial charge >= 0.3 is 0 Å². The fourth-order valence-corrected chi connectivity index (χ4v) is 5.63. The van der Waals surface area contributed by atoms with Gasteiger partial charge in [-0.2, -0.15) is 17.0 Å². The third-order valence-corrected chi connectivity index (χ3v) is 7.81. The summed E-state index contributed by atoms with van der Waals surface area (Å²) in [6, 6.07) is 0.235. The van der Waals surface area contributed by atoms with E-state index in [0.29, 0.717) is 5.25 Å². The van der Waals surface area contributed by atoms with E-state index in [1.807, 2.05) is 0 Å². The number of hydrogen-bond donors (Lipinski definition) is 1. The second kappa shape index (κ2) is 6.70. The van der Waals surface area contributed by atoms with Crippen molar-refractivity contribution in [3.8, 4) is 0 Å². The Kier molecular flexibility index (Phi) is 5.51. The van der Waals surface area contributed by atoms with Crippen molar-refractivity contribution in [2.75, 3.05) is 34.2 Å². The molecule has 0 aromatic heterocycles. The molecule has 0 amide bonds. The van der Waals surface area contributed by atoms with Crippen molar-refractivity contribution in [2.45, 2.75) is 23.2 Å². The van der Waals surface area contributed by atoms with Crippen LogP contribution < -0.4 is 5.32 Å². The summed E-state index contributed by atoms with van der Waals surface area (Å²) in [5, 5.41) is 3.93. The Morgan fingerprint density at radius 2 is 2.09 bits per heavy atom. The molecule has 0 bridgehead atoms. The number of nitrogens with one attached hydrogen (secondary N) is 1. The van der Waals surface area contributed by atoms with Gasteiger partial charge in [-0.3, -0.25) is 5.32 Å². The highest BCUT2D eigenvalue weighted by atomic mass is 35.5. The molecule has 3 atom stereocenters. The summed E-state index contributed by atoms with van der Waals surface area (Å²) in [6.07, 6.45) is 7.48. The van der Waals surface area contributed by atoms with Gasteiger partial charge in [0.2, 0.25) is 0 Å². The van der Waals surface area contributed by atoms with Gasteiger partial charge in [-0.05, 0) is 12.5 Å². The number of hydrogen-bond acceptors (Lipinski definition) is 5. The van der Waals surface area contributed by atoms with Crippen molar-refractivity contribution >= 4 is 34.4 Å². The summed E-state index contributed by atoms with van der Waals surface area (Å²) in [6.45, 7) is 2.00. The number of rotatable bonds is 3. The first-order chi connectivity index (χ1) is 9.91. The van der Waals surface area contributed by atoms with Gasteiger partial charge in [-0.25, -0.2) is 0 Å². The molecule has 3 aliphatic rings. The average Bonchev–Trinajstić information content (AvgIpc) is 2.90. The van der Waals surface area contributed by atoms with Gasteiger partial charge in [0.25, 0.3) is 10.2 Å². The second-order valence-electron chi connectivity index (χ2n) is 5.73. The summed E-state index contributed by atoms with van der Waals surface area (Å²) in [5.74, 6) is 0. The minimum atomic E-state index is -3.40. The molecule has 2 fully saturated rings. The Labute approximate surface area is 143 Å². The Hall–Kier alpha value is -0.250. The Bertz CT molecular complexity index is 579. The van der Waals surface area contributed by atoms with E-state index < -0.39 is 10.2 Å². The molecule has 2 saturated heterocycles. The van der Waals surface area contributed by atoms with Crippen LogP contribution in [0.1, 0.15) is 6.42 Å². The SMILES string of the molecule is CN(C)S(=O)(=O)N(C)C1NC2C3=CC=CCN3CCC2S1.Cl. The fourth-order valence-electron chi connectivity index (χ4n) is 2.99. The Morgan fingerprint density at radius 3 is 2.77 bits per heavy atom. The highest BCUT2D eigenvalue weighted by Gasteiger charge is 2.44. The van der Waals surface area contributed by atoms with E-state index in [0.717, 1.165) is 19.5 Å². The molecular formula is C13H23ClN4O2S2. The monoisotopic (exact) mass is 366 g/mol. The standard InChI is InChI=1S/C13H22N4O2S2.ClH/c1-15(2)21(18,19)16(3)13-14-12-10-6-4-5-8-17(10)9-7-11(12)20-13;/h4-6,11-14H,7-9H2,1-3H3;1H. The van der Waals surface area contributed by atoms with E-state index in [9.17, 15) is 8.42 Å². The predicted molar refractivity (Wildman–Crippen MR) is 93.1 cm³/mol. The van der Waals surface area contributed by atoms with Gasteiger partial charge in [0, 0.05) is 45.2 Å². The number of thioether (sulfide) groups is 1. The maximum atomic E-state index is 12.3. The minimum Gasteiger partial charge on any atom is -0.370 e. The maximum absolute atomic E-state index is 12.3. The van der Waals surface area contributed by atoms with Gasteiger partial charge in [0.15, 0.2) is 0 Å². The van der Waals surface area contributed by atoms with E-state index >= 15 is 0 Å². The third-order valence-electron chi connectivity index (χ3n) is 4.25. The summed E-state index contributed by atoms with van der Waals surface area (Å²) < 4.78 is 27.2. The molecule has 3 aliphatic heterocycles. The van der Waals surface area contributed by atoms with Crippen molar-refractivity contribution in [3.63, 3.8) is 0 Å². The molecule has 0 aromatic rings. The van der Waals surface area contributed by atoms with Gasteiger partial charge in [0.05, 0.1) is 6.04 Å². The number of fused-ring (bicyclic) bond motifs is 3. The van der Waals surface area contributed by atoms with E-state index in [-0.39, 0.29) is 23.9 Å². The lowest BCUT2D eigenvalue weighted by Crippen LogP contribution is -2.51. The summed E-state index contributed by atoms with van der Waals surface area (Å²) >= 11 is 1.72. The lowest BCUT2D eigenvalue weighted by molar-refractivity contribution is 0.270. The molecular weight excluding hydrogens is 344 g/mol. The smallest absolute Gasteiger partial charge is 0.283 e. The Balaban J connectivity index is 0.00000176. The zero-order valence-corrected chi connectivity index (χ0v) is 15.4. The van der Waals surface area contributed by atoms with E-state index in [4.69, 9.17) is 0 Å². The third kappa shape index (κ3) is 3.05. The molecule has 0 aliphatic carbocycles. The van der Waals surface area contributed by atoms with Gasteiger partial charge in [0.1, 0.15) is 5.50 Å². The zero-order chi connectivity index (χ0) is 15.2. The van der Waals surface area contributed by atoms with Crippen LogP contribution in [0.5, 0.6) is 0 Å². The van der Waals surface area contributed by atoms with E-state index in [1.165, 1.54) is 14.3 Å². The summed E-state index contributed by atoms with van der Waals surface area (Å²) in [7, 11) is 1.38. The second-order valence-corrected chi connectivity index (χ2v) is 9.26. The minimum absolute atomic E-state index is 0. The molecule has 0 saturated carbocycles. The van der Waals surface area contributed by atoms with Crippen molar-refractivity contribution in [2.24, 2.45) is 0 Å². The highest BCUT2D eigenvalue weighted by molar-refractivity contribution is 8.01. The van der Waals surface area contributed by atoms with Gasteiger partial charge in [-0.1, -0.05) is 12.2 Å². The number of piperidine rings is 1. The highest BCUT2D eigenvalue weighted by Crippen LogP contribution is 2.39. The van der Waals surface area contributed by atoms with Gasteiger partial charge in [-0.15, -0.1) is 24.2 Å². The van der Waals surface area contributed by atoms with E-state index in [1.54, 1.807) is 32.9 Å². The number of nitrogens with zero attached hydrogens (tertiary/aromatic N) is 3. The van der Waals surface area contributed by atoms with Crippen LogP contribution in [-0.4, -0.2) is 73.0 Å². The van der Waals surface area contributed by atoms with Crippen LogP contribution >= 0.6 is 24.2 Å². The molecule has 0 spiro atoms. The van der Waals surface area contributed by atoms with Gasteiger partial charge < -0.3 is 4.90 Å². The van der Waals surface area contributed by atoms with Crippen molar-refractivity contribution in [1.82, 2.24) is 18.8 Å². The molecule has 3 rings (SSSR count). The lowest BCUT2D eigenvalue weighted by Gasteiger charge is -2.39. The van der Waals surface area contributed by atoms with Crippen molar-refractivity contribution in [1.29, 1.82) is 0 Å². The van der Waals surface area contributed by atoms with Crippen molar-refractivity contribution in [3.05, 3.63) is 23.9 Å². The van der Waals surface area contributed by atoms with Crippen molar-refractivity contribution < 1.29 is 8.42 Å². The van der Waals surface area contributed by atoms with Crippen LogP contribution in [0, 0.1) is 0 Å². The van der Waals surface area contributed by atoms with E-state index in [2.05, 4.69) is 28.4 Å². The molecule has 9 heteroatoms. The largest absolute Gasteiger partial charge is 0.370 e. The number of allylic oxidation sites excluding steroid dienone is 2. The first kappa shape index (κ1) is 18.1. The van der Waals surface area contributed by atoms with Crippen LogP contribution in [0.2, 0.25) is 0 Å². The lowest BCUT2D eigenvalue weighted by atomic mass is 9.99. The molecule has 22 heavy (non-hydrogen) atoms. The molecule has 0 radical (unpaired) electrons. The molecule has 3 unspecified atom stereocenters. The average molecular weight is 367 g/mol.